The van der Waals surface area contributed by atoms with Gasteiger partial charge in [0.15, 0.2) is 13.9 Å². The second-order valence-corrected chi connectivity index (χ2v) is 15.3. The van der Waals surface area contributed by atoms with Gasteiger partial charge in [-0.3, -0.25) is 14.5 Å². The van der Waals surface area contributed by atoms with E-state index in [0.717, 1.165) is 23.3 Å². The van der Waals surface area contributed by atoms with Gasteiger partial charge in [-0.1, -0.05) is 48.9 Å². The number of rotatable bonds is 8. The first-order valence-corrected chi connectivity index (χ1v) is 16.5. The molecule has 2 heterocycles. The molecule has 2 amide bonds. The molecule has 1 fully saturated rings. The van der Waals surface area contributed by atoms with Gasteiger partial charge in [-0.15, -0.1) is 0 Å². The van der Waals surface area contributed by atoms with Crippen LogP contribution in [0.5, 0.6) is 0 Å². The maximum atomic E-state index is 14.3. The zero-order chi connectivity index (χ0) is 27.9. The molecule has 2 aliphatic heterocycles. The highest BCUT2D eigenvalue weighted by Crippen LogP contribution is 2.60. The number of aliphatic hydroxyl groups excluding tert-OH is 1. The third-order valence-electron chi connectivity index (χ3n) is 8.05. The molecule has 3 aromatic carbocycles. The molecule has 2 N–H and O–H groups in total. The summed E-state index contributed by atoms with van der Waals surface area (Å²) >= 11 is 6.42. The third kappa shape index (κ3) is 4.70. The maximum Gasteiger partial charge on any atom is 0.264 e. The number of hydrogen-bond acceptors (Lipinski definition) is 5. The minimum atomic E-state index is -2.76. The Balaban J connectivity index is 1.49. The summed E-state index contributed by atoms with van der Waals surface area (Å²) in [5.74, 6) is -0.510. The zero-order valence-electron chi connectivity index (χ0n) is 22.3. The van der Waals surface area contributed by atoms with Crippen LogP contribution < -0.4 is 9.80 Å². The van der Waals surface area contributed by atoms with Gasteiger partial charge in [0.25, 0.3) is 5.91 Å². The van der Waals surface area contributed by atoms with Gasteiger partial charge in [-0.05, 0) is 67.5 Å². The molecule has 39 heavy (non-hydrogen) atoms. The van der Waals surface area contributed by atoms with Crippen LogP contribution in [0.3, 0.4) is 0 Å². The number of aliphatic hydroxyl groups is 1. The standard InChI is InChI=1S/C30H33ClN2O5Si/c1-20-28(39(2,3)37)27(15-16-34)38-30(20)25-17-22(31)11-14-26(25)32(29(30)36)18-21-9-12-24(13-10-21)33(19-35)23-7-5-4-6-8-23/h4-14,17,19-20,27-28,34,37H,15-16,18H2,1-3H3/t20-,27+,28-,30+/m0/s1. The minimum absolute atomic E-state index is 0.0953. The number of para-hydroxylation sites is 1. The van der Waals surface area contributed by atoms with Crippen LogP contribution in [0.2, 0.25) is 23.7 Å². The molecular formula is C30H33ClN2O5Si. The Morgan fingerprint density at radius 1 is 1.08 bits per heavy atom. The van der Waals surface area contributed by atoms with E-state index < -0.39 is 20.0 Å². The highest BCUT2D eigenvalue weighted by Gasteiger charge is 2.66. The summed E-state index contributed by atoms with van der Waals surface area (Å²) in [5, 5.41) is 10.2. The molecule has 1 saturated heterocycles. The number of fused-ring (bicyclic) bond motifs is 2. The molecule has 9 heteroatoms. The number of nitrogens with zero attached hydrogens (tertiary/aromatic N) is 2. The van der Waals surface area contributed by atoms with Crippen LogP contribution in [-0.4, -0.2) is 43.2 Å². The number of carbonyl (C=O) groups is 2. The molecule has 2 aliphatic rings. The van der Waals surface area contributed by atoms with Crippen LogP contribution in [0.25, 0.3) is 0 Å². The molecule has 0 radical (unpaired) electrons. The molecule has 204 valence electrons. The monoisotopic (exact) mass is 564 g/mol. The first-order valence-electron chi connectivity index (χ1n) is 13.1. The lowest BCUT2D eigenvalue weighted by Gasteiger charge is -2.32. The smallest absolute Gasteiger partial charge is 0.264 e. The normalized spacial score (nSPS) is 24.3. The summed E-state index contributed by atoms with van der Waals surface area (Å²) in [6, 6.07) is 22.3. The quantitative estimate of drug-likeness (QED) is 0.284. The van der Waals surface area contributed by atoms with E-state index in [2.05, 4.69) is 0 Å². The Labute approximate surface area is 234 Å². The van der Waals surface area contributed by atoms with Crippen LogP contribution >= 0.6 is 11.6 Å². The van der Waals surface area contributed by atoms with Gasteiger partial charge < -0.3 is 19.5 Å². The van der Waals surface area contributed by atoms with E-state index in [1.807, 2.05) is 80.7 Å². The first-order chi connectivity index (χ1) is 18.6. The van der Waals surface area contributed by atoms with Crippen molar-refractivity contribution in [3.05, 3.63) is 88.9 Å². The highest BCUT2D eigenvalue weighted by atomic mass is 35.5. The van der Waals surface area contributed by atoms with E-state index in [9.17, 15) is 19.5 Å². The predicted molar refractivity (Wildman–Crippen MR) is 155 cm³/mol. The molecule has 1 spiro atoms. The molecule has 3 aromatic rings. The molecule has 7 nitrogen and oxygen atoms in total. The van der Waals surface area contributed by atoms with E-state index in [0.29, 0.717) is 29.2 Å². The van der Waals surface area contributed by atoms with E-state index in [4.69, 9.17) is 16.3 Å². The number of amides is 2. The fourth-order valence-corrected chi connectivity index (χ4v) is 9.18. The van der Waals surface area contributed by atoms with Crippen LogP contribution in [0.4, 0.5) is 17.1 Å². The molecular weight excluding hydrogens is 532 g/mol. The molecule has 4 atom stereocenters. The van der Waals surface area contributed by atoms with Crippen molar-refractivity contribution < 1.29 is 24.2 Å². The van der Waals surface area contributed by atoms with E-state index in [1.165, 1.54) is 0 Å². The molecule has 5 rings (SSSR count). The largest absolute Gasteiger partial charge is 0.432 e. The van der Waals surface area contributed by atoms with Crippen molar-refractivity contribution in [1.29, 1.82) is 0 Å². The lowest BCUT2D eigenvalue weighted by Crippen LogP contribution is -2.46. The van der Waals surface area contributed by atoms with Crippen molar-refractivity contribution >= 4 is 49.3 Å². The van der Waals surface area contributed by atoms with Gasteiger partial charge in [-0.25, -0.2) is 0 Å². The van der Waals surface area contributed by atoms with E-state index >= 15 is 0 Å². The minimum Gasteiger partial charge on any atom is -0.432 e. The zero-order valence-corrected chi connectivity index (χ0v) is 24.0. The molecule has 0 saturated carbocycles. The summed E-state index contributed by atoms with van der Waals surface area (Å²) in [6.07, 6.45) is 0.675. The topological polar surface area (TPSA) is 90.3 Å². The number of halogens is 1. The van der Waals surface area contributed by atoms with Gasteiger partial charge in [-0.2, -0.15) is 0 Å². The van der Waals surface area contributed by atoms with Crippen molar-refractivity contribution in [2.45, 2.75) is 50.2 Å². The van der Waals surface area contributed by atoms with Crippen LogP contribution in [0.1, 0.15) is 24.5 Å². The second-order valence-electron chi connectivity index (χ2n) is 10.9. The van der Waals surface area contributed by atoms with Crippen molar-refractivity contribution in [1.82, 2.24) is 0 Å². The SMILES string of the molecule is C[C@H]1[C@H]([Si](C)(C)O)[C@@H](CCO)O[C@]12C(=O)N(Cc1ccc(N(C=O)c3ccccc3)cc1)c1ccc(Cl)cc12. The van der Waals surface area contributed by atoms with E-state index in [-0.39, 0.29) is 24.0 Å². The van der Waals surface area contributed by atoms with Crippen molar-refractivity contribution in [3.8, 4) is 0 Å². The average Bonchev–Trinajstić information content (AvgIpc) is 3.33. The summed E-state index contributed by atoms with van der Waals surface area (Å²) in [4.78, 5) is 40.6. The van der Waals surface area contributed by atoms with Gasteiger partial charge >= 0.3 is 0 Å². The van der Waals surface area contributed by atoms with E-state index in [1.54, 1.807) is 21.9 Å². The Bertz CT molecular complexity index is 1360. The fourth-order valence-electron chi connectivity index (χ4n) is 6.41. The average molecular weight is 565 g/mol. The van der Waals surface area contributed by atoms with Crippen molar-refractivity contribution in [3.63, 3.8) is 0 Å². The highest BCUT2D eigenvalue weighted by molar-refractivity contribution is 6.71. The second kappa shape index (κ2) is 10.5. The Hall–Kier alpha value is -3.01. The first kappa shape index (κ1) is 27.5. The van der Waals surface area contributed by atoms with Crippen molar-refractivity contribution in [2.24, 2.45) is 5.92 Å². The van der Waals surface area contributed by atoms with Crippen LogP contribution in [0, 0.1) is 5.92 Å². The summed E-state index contributed by atoms with van der Waals surface area (Å²) < 4.78 is 6.60. The summed E-state index contributed by atoms with van der Waals surface area (Å²) in [7, 11) is -2.76. The number of benzene rings is 3. The van der Waals surface area contributed by atoms with Gasteiger partial charge in [0.2, 0.25) is 6.41 Å². The number of hydrogen-bond donors (Lipinski definition) is 2. The summed E-state index contributed by atoms with van der Waals surface area (Å²) in [5.41, 5.74) is 2.25. The molecule has 0 aliphatic carbocycles. The lowest BCUT2D eigenvalue weighted by molar-refractivity contribution is -0.146. The number of anilines is 3. The number of ether oxygens (including phenoxy) is 1. The Kier molecular flexibility index (Phi) is 7.43. The lowest BCUT2D eigenvalue weighted by atomic mass is 9.82. The molecule has 0 aromatic heterocycles. The Morgan fingerprint density at radius 3 is 2.36 bits per heavy atom. The fraction of sp³-hybridized carbons (Fsp3) is 0.333. The van der Waals surface area contributed by atoms with Crippen molar-refractivity contribution in [2.75, 3.05) is 16.4 Å². The Morgan fingerprint density at radius 2 is 1.74 bits per heavy atom. The van der Waals surface area contributed by atoms with Crippen LogP contribution in [-0.2, 0) is 26.5 Å². The third-order valence-corrected chi connectivity index (χ3v) is 10.8. The number of carbonyl (C=O) groups excluding carboxylic acids is 2. The van der Waals surface area contributed by atoms with Gasteiger partial charge in [0, 0.05) is 40.0 Å². The van der Waals surface area contributed by atoms with Gasteiger partial charge in [0.1, 0.15) is 0 Å². The van der Waals surface area contributed by atoms with Crippen LogP contribution in [0.15, 0.2) is 72.8 Å². The summed E-state index contributed by atoms with van der Waals surface area (Å²) in [6.45, 7) is 5.88. The maximum absolute atomic E-state index is 14.3. The molecule has 0 bridgehead atoms. The predicted octanol–water partition coefficient (Wildman–Crippen LogP) is 5.36. The molecule has 0 unspecified atom stereocenters. The van der Waals surface area contributed by atoms with Gasteiger partial charge in [0.05, 0.1) is 18.3 Å².